The van der Waals surface area contributed by atoms with Gasteiger partial charge in [-0.3, -0.25) is 0 Å². The van der Waals surface area contributed by atoms with Crippen LogP contribution in [-0.2, 0) is 13.9 Å². The lowest BCUT2D eigenvalue weighted by molar-refractivity contribution is 0.0798. The van der Waals surface area contributed by atoms with Crippen molar-refractivity contribution in [3.8, 4) is 0 Å². The predicted octanol–water partition coefficient (Wildman–Crippen LogP) is 4.68. The van der Waals surface area contributed by atoms with Gasteiger partial charge in [-0.25, -0.2) is 4.79 Å². The molecule has 0 amide bonds. The molecule has 0 spiro atoms. The van der Waals surface area contributed by atoms with E-state index in [1.54, 1.807) is 0 Å². The van der Waals surface area contributed by atoms with Crippen molar-refractivity contribution in [2.75, 3.05) is 20.3 Å². The van der Waals surface area contributed by atoms with Crippen molar-refractivity contribution in [3.63, 3.8) is 0 Å². The molecule has 29 heavy (non-hydrogen) atoms. The maximum Gasteiger partial charge on any atom is 0.508 e. The highest BCUT2D eigenvalue weighted by Gasteiger charge is 2.49. The van der Waals surface area contributed by atoms with E-state index in [2.05, 4.69) is 80.1 Å². The van der Waals surface area contributed by atoms with E-state index in [1.807, 2.05) is 19.1 Å². The molecule has 0 aliphatic rings. The molecule has 5 heteroatoms. The quantitative estimate of drug-likeness (QED) is 0.273. The van der Waals surface area contributed by atoms with Gasteiger partial charge in [0.15, 0.2) is 0 Å². The van der Waals surface area contributed by atoms with Crippen molar-refractivity contribution in [2.24, 2.45) is 0 Å². The molecule has 0 aliphatic heterocycles. The summed E-state index contributed by atoms with van der Waals surface area (Å²) in [6.45, 7) is 9.57. The van der Waals surface area contributed by atoms with Crippen molar-refractivity contribution < 1.29 is 18.7 Å². The fourth-order valence-corrected chi connectivity index (χ4v) is 8.15. The highest BCUT2D eigenvalue weighted by molar-refractivity contribution is 6.99. The highest BCUT2D eigenvalue weighted by atomic mass is 28.4. The van der Waals surface area contributed by atoms with Crippen LogP contribution in [0.5, 0.6) is 0 Å². The molecule has 0 fully saturated rings. The summed E-state index contributed by atoms with van der Waals surface area (Å²) in [6, 6.07) is 21.2. The van der Waals surface area contributed by atoms with Crippen LogP contribution in [0.15, 0.2) is 72.3 Å². The summed E-state index contributed by atoms with van der Waals surface area (Å²) in [5.74, 6) is 0. The lowest BCUT2D eigenvalue weighted by atomic mass is 10.2. The molecule has 0 N–H and O–H groups in total. The molecule has 156 valence electrons. The average Bonchev–Trinajstić information content (AvgIpc) is 2.72. The molecule has 0 unspecified atom stereocenters. The third-order valence-electron chi connectivity index (χ3n) is 4.93. The Bertz CT molecular complexity index is 755. The number of carbonyl (C=O) groups is 1. The first-order valence-electron chi connectivity index (χ1n) is 9.92. The number of rotatable bonds is 8. The van der Waals surface area contributed by atoms with Gasteiger partial charge >= 0.3 is 6.16 Å². The Morgan fingerprint density at radius 2 is 1.48 bits per heavy atom. The second-order valence-corrected chi connectivity index (χ2v) is 12.4. The lowest BCUT2D eigenvalue weighted by Gasteiger charge is -2.43. The molecule has 4 nitrogen and oxygen atoms in total. The van der Waals surface area contributed by atoms with Crippen LogP contribution in [0.2, 0.25) is 5.04 Å². The molecule has 0 bridgehead atoms. The lowest BCUT2D eigenvalue weighted by Crippen LogP contribution is -2.66. The summed E-state index contributed by atoms with van der Waals surface area (Å²) in [4.78, 5) is 11.1. The Balaban J connectivity index is 2.24. The van der Waals surface area contributed by atoms with Gasteiger partial charge in [0, 0.05) is 6.61 Å². The number of carbonyl (C=O) groups excluding carboxylic acids is 1. The number of benzene rings is 2. The van der Waals surface area contributed by atoms with Crippen molar-refractivity contribution >= 4 is 24.8 Å². The Hall–Kier alpha value is -2.37. The molecule has 0 saturated heterocycles. The van der Waals surface area contributed by atoms with Gasteiger partial charge < -0.3 is 13.9 Å². The van der Waals surface area contributed by atoms with Crippen LogP contribution in [0.1, 0.15) is 34.1 Å². The van der Waals surface area contributed by atoms with Crippen LogP contribution in [0.25, 0.3) is 0 Å². The summed E-state index contributed by atoms with van der Waals surface area (Å²) >= 11 is 0. The molecule has 0 atom stereocenters. The van der Waals surface area contributed by atoms with E-state index in [4.69, 9.17) is 9.16 Å². The van der Waals surface area contributed by atoms with Gasteiger partial charge in [0.05, 0.1) is 7.11 Å². The number of ether oxygens (including phenoxy) is 2. The van der Waals surface area contributed by atoms with Crippen molar-refractivity contribution in [2.45, 2.75) is 39.2 Å². The van der Waals surface area contributed by atoms with E-state index in [0.717, 1.165) is 12.0 Å². The molecule has 0 saturated carbocycles. The van der Waals surface area contributed by atoms with Crippen LogP contribution in [0, 0.1) is 0 Å². The molecule has 0 heterocycles. The molecule has 2 aromatic carbocycles. The molecule has 2 rings (SSSR count). The van der Waals surface area contributed by atoms with Gasteiger partial charge in [-0.15, -0.1) is 0 Å². The summed E-state index contributed by atoms with van der Waals surface area (Å²) in [5, 5.41) is 2.50. The van der Waals surface area contributed by atoms with Gasteiger partial charge in [0.1, 0.15) is 6.61 Å². The average molecular weight is 413 g/mol. The molecular formula is C24H32O4Si. The van der Waals surface area contributed by atoms with Crippen molar-refractivity contribution in [3.05, 3.63) is 72.3 Å². The number of methoxy groups -OCH3 is 1. The first-order valence-corrected chi connectivity index (χ1v) is 11.8. The number of hydrogen-bond acceptors (Lipinski definition) is 4. The minimum atomic E-state index is -2.50. The predicted molar refractivity (Wildman–Crippen MR) is 120 cm³/mol. The SMILES string of the molecule is COC(=O)OC/C(C)=C\CCO[Si](c1ccccc1)(c1ccccc1)C(C)(C)C. The van der Waals surface area contributed by atoms with Gasteiger partial charge in [0.25, 0.3) is 8.32 Å². The van der Waals surface area contributed by atoms with E-state index >= 15 is 0 Å². The molecular weight excluding hydrogens is 380 g/mol. The normalized spacial score (nSPS) is 12.5. The van der Waals surface area contributed by atoms with Crippen molar-refractivity contribution in [1.82, 2.24) is 0 Å². The summed E-state index contributed by atoms with van der Waals surface area (Å²) in [6.07, 6.45) is 2.14. The Morgan fingerprint density at radius 1 is 0.966 bits per heavy atom. The monoisotopic (exact) mass is 412 g/mol. The Labute approximate surface area is 175 Å². The van der Waals surface area contributed by atoms with Gasteiger partial charge in [-0.2, -0.15) is 0 Å². The molecule has 0 radical (unpaired) electrons. The third-order valence-corrected chi connectivity index (χ3v) is 9.97. The molecule has 2 aromatic rings. The maximum atomic E-state index is 11.1. The zero-order valence-electron chi connectivity index (χ0n) is 18.1. The van der Waals surface area contributed by atoms with E-state index in [0.29, 0.717) is 6.61 Å². The second kappa shape index (κ2) is 10.4. The fourth-order valence-electron chi connectivity index (χ4n) is 3.57. The highest BCUT2D eigenvalue weighted by Crippen LogP contribution is 2.36. The second-order valence-electron chi connectivity index (χ2n) is 8.09. The molecule has 0 aliphatic carbocycles. The minimum Gasteiger partial charge on any atom is -0.438 e. The van der Waals surface area contributed by atoms with E-state index in [1.165, 1.54) is 17.5 Å². The van der Waals surface area contributed by atoms with E-state index in [9.17, 15) is 4.79 Å². The Morgan fingerprint density at radius 3 is 1.93 bits per heavy atom. The summed E-state index contributed by atoms with van der Waals surface area (Å²) in [5.41, 5.74) is 0.974. The summed E-state index contributed by atoms with van der Waals surface area (Å²) in [7, 11) is -1.19. The zero-order chi connectivity index (χ0) is 21.3. The van der Waals surface area contributed by atoms with Crippen molar-refractivity contribution in [1.29, 1.82) is 0 Å². The van der Waals surface area contributed by atoms with Crippen LogP contribution in [0.4, 0.5) is 4.79 Å². The first kappa shape index (κ1) is 22.9. The van der Waals surface area contributed by atoms with E-state index in [-0.39, 0.29) is 11.6 Å². The summed E-state index contributed by atoms with van der Waals surface area (Å²) < 4.78 is 16.3. The fraction of sp³-hybridized carbons (Fsp3) is 0.375. The topological polar surface area (TPSA) is 44.8 Å². The maximum absolute atomic E-state index is 11.1. The first-order chi connectivity index (χ1) is 13.8. The van der Waals surface area contributed by atoms with Crippen LogP contribution >= 0.6 is 0 Å². The van der Waals surface area contributed by atoms with Crippen LogP contribution in [-0.4, -0.2) is 34.8 Å². The van der Waals surface area contributed by atoms with Gasteiger partial charge in [0.2, 0.25) is 0 Å². The van der Waals surface area contributed by atoms with E-state index < -0.39 is 14.5 Å². The van der Waals surface area contributed by atoms with Gasteiger partial charge in [-0.1, -0.05) is 87.5 Å². The standard InChI is InChI=1S/C24H32O4Si/c1-20(19-27-23(25)26-5)13-12-18-28-29(24(2,3)4,21-14-8-6-9-15-21)22-16-10-7-11-17-22/h6-11,13-17H,12,18-19H2,1-5H3/b20-13-. The number of hydrogen-bond donors (Lipinski definition) is 0. The Kier molecular flexibility index (Phi) is 8.23. The smallest absolute Gasteiger partial charge is 0.438 e. The zero-order valence-corrected chi connectivity index (χ0v) is 19.1. The van der Waals surface area contributed by atoms with Crippen LogP contribution in [0.3, 0.4) is 0 Å². The minimum absolute atomic E-state index is 0.0392. The third kappa shape index (κ3) is 5.81. The van der Waals surface area contributed by atoms with Crippen LogP contribution < -0.4 is 10.4 Å². The molecule has 0 aromatic heterocycles. The largest absolute Gasteiger partial charge is 0.508 e. The van der Waals surface area contributed by atoms with Gasteiger partial charge in [-0.05, 0) is 34.3 Å².